The van der Waals surface area contributed by atoms with Crippen LogP contribution < -0.4 is 4.80 Å². The molecule has 0 radical (unpaired) electrons. The summed E-state index contributed by atoms with van der Waals surface area (Å²) < 4.78 is 8.09. The summed E-state index contributed by atoms with van der Waals surface area (Å²) in [6, 6.07) is 5.53. The molecule has 0 spiro atoms. The highest BCUT2D eigenvalue weighted by Crippen LogP contribution is 2.60. The Kier molecular flexibility index (Phi) is 4.92. The van der Waals surface area contributed by atoms with E-state index < -0.39 is 0 Å². The molecule has 1 heterocycles. The Hall–Kier alpha value is -2.21. The summed E-state index contributed by atoms with van der Waals surface area (Å²) in [5.74, 6) is 1.88. The Balaban J connectivity index is 1.55. The fraction of sp³-hybridized carbons (Fsp3) is 0.542. The molecular weight excluding hydrogens is 396 g/mol. The standard InChI is InChI=1S/C24H28N2O3S/c1-3-7-26-19-6-5-18(21(27)29-4-2)11-20(19)30-23(26)25-22(28)24-12-15-8-16(13-24)10-17(9-15)14-24/h3,5-6,11,15-17H,1,4,7-10,12-14H2,2H3. The second kappa shape index (κ2) is 7.49. The summed E-state index contributed by atoms with van der Waals surface area (Å²) in [6.45, 7) is 6.59. The Bertz CT molecular complexity index is 1060. The molecule has 158 valence electrons. The molecule has 4 saturated carbocycles. The van der Waals surface area contributed by atoms with E-state index in [1.54, 1.807) is 13.0 Å². The third kappa shape index (κ3) is 3.25. The molecule has 30 heavy (non-hydrogen) atoms. The van der Waals surface area contributed by atoms with Crippen LogP contribution in [0, 0.1) is 23.2 Å². The van der Waals surface area contributed by atoms with Gasteiger partial charge in [-0.15, -0.1) is 6.58 Å². The van der Waals surface area contributed by atoms with Crippen LogP contribution in [0.15, 0.2) is 35.8 Å². The quantitative estimate of drug-likeness (QED) is 0.516. The number of fused-ring (bicyclic) bond motifs is 1. The Morgan fingerprint density at radius 1 is 1.23 bits per heavy atom. The highest BCUT2D eigenvalue weighted by molar-refractivity contribution is 7.16. The zero-order chi connectivity index (χ0) is 20.9. The molecule has 1 aromatic heterocycles. The van der Waals surface area contributed by atoms with E-state index in [0.29, 0.717) is 41.3 Å². The van der Waals surface area contributed by atoms with Gasteiger partial charge in [0, 0.05) is 6.54 Å². The largest absolute Gasteiger partial charge is 0.462 e. The van der Waals surface area contributed by atoms with Crippen molar-refractivity contribution in [2.45, 2.75) is 52.0 Å². The summed E-state index contributed by atoms with van der Waals surface area (Å²) in [5, 5.41) is 0. The minimum Gasteiger partial charge on any atom is -0.462 e. The zero-order valence-electron chi connectivity index (χ0n) is 17.4. The topological polar surface area (TPSA) is 60.7 Å². The van der Waals surface area contributed by atoms with E-state index in [-0.39, 0.29) is 17.3 Å². The molecule has 0 unspecified atom stereocenters. The minimum absolute atomic E-state index is 0.0663. The van der Waals surface area contributed by atoms with Crippen LogP contribution in [0.5, 0.6) is 0 Å². The van der Waals surface area contributed by atoms with Gasteiger partial charge in [0.2, 0.25) is 0 Å². The van der Waals surface area contributed by atoms with Crippen molar-refractivity contribution in [3.8, 4) is 0 Å². The summed E-state index contributed by atoms with van der Waals surface area (Å²) in [6.07, 6.45) is 8.79. The molecule has 6 rings (SSSR count). The van der Waals surface area contributed by atoms with E-state index >= 15 is 0 Å². The molecule has 4 aliphatic carbocycles. The van der Waals surface area contributed by atoms with E-state index in [4.69, 9.17) is 9.73 Å². The number of benzene rings is 1. The van der Waals surface area contributed by atoms with Crippen molar-refractivity contribution in [3.63, 3.8) is 0 Å². The number of thiazole rings is 1. The molecule has 0 atom stereocenters. The SMILES string of the molecule is C=CCn1c(=NC(=O)C23CC4CC(CC(C4)C2)C3)sc2cc(C(=O)OCC)ccc21. The van der Waals surface area contributed by atoms with Crippen LogP contribution in [-0.4, -0.2) is 23.1 Å². The first-order valence-electron chi connectivity index (χ1n) is 11.0. The van der Waals surface area contributed by atoms with Crippen LogP contribution in [0.25, 0.3) is 10.2 Å². The van der Waals surface area contributed by atoms with E-state index in [1.165, 1.54) is 30.6 Å². The van der Waals surface area contributed by atoms with E-state index in [9.17, 15) is 9.59 Å². The first kappa shape index (κ1) is 19.7. The van der Waals surface area contributed by atoms with Gasteiger partial charge in [0.05, 0.1) is 27.8 Å². The number of amides is 1. The number of carbonyl (C=O) groups excluding carboxylic acids is 2. The van der Waals surface area contributed by atoms with E-state index in [1.807, 2.05) is 22.8 Å². The molecule has 4 bridgehead atoms. The number of ether oxygens (including phenoxy) is 1. The van der Waals surface area contributed by atoms with Crippen LogP contribution in [0.1, 0.15) is 55.8 Å². The van der Waals surface area contributed by atoms with Gasteiger partial charge in [0.25, 0.3) is 5.91 Å². The monoisotopic (exact) mass is 424 g/mol. The predicted octanol–water partition coefficient (Wildman–Crippen LogP) is 4.71. The maximum Gasteiger partial charge on any atom is 0.338 e. The van der Waals surface area contributed by atoms with Crippen molar-refractivity contribution in [2.24, 2.45) is 28.2 Å². The van der Waals surface area contributed by atoms with Crippen LogP contribution in [0.3, 0.4) is 0 Å². The first-order valence-corrected chi connectivity index (χ1v) is 11.8. The molecule has 0 saturated heterocycles. The zero-order valence-corrected chi connectivity index (χ0v) is 18.2. The van der Waals surface area contributed by atoms with Crippen molar-refractivity contribution >= 4 is 33.4 Å². The molecule has 5 nitrogen and oxygen atoms in total. The Morgan fingerprint density at radius 2 is 1.90 bits per heavy atom. The molecule has 1 amide bonds. The number of aromatic nitrogens is 1. The fourth-order valence-electron chi connectivity index (χ4n) is 6.38. The van der Waals surface area contributed by atoms with Gasteiger partial charge in [-0.2, -0.15) is 4.99 Å². The Labute approximate surface area is 180 Å². The van der Waals surface area contributed by atoms with Crippen LogP contribution in [0.2, 0.25) is 0 Å². The molecule has 0 N–H and O–H groups in total. The number of nitrogens with zero attached hydrogens (tertiary/aromatic N) is 2. The molecule has 0 aliphatic heterocycles. The minimum atomic E-state index is -0.328. The lowest BCUT2D eigenvalue weighted by atomic mass is 9.49. The average Bonchev–Trinajstić information content (AvgIpc) is 3.04. The van der Waals surface area contributed by atoms with Gasteiger partial charge in [-0.1, -0.05) is 17.4 Å². The molecule has 4 aliphatic rings. The van der Waals surface area contributed by atoms with Gasteiger partial charge in [-0.05, 0) is 81.4 Å². The maximum atomic E-state index is 13.5. The van der Waals surface area contributed by atoms with E-state index in [2.05, 4.69) is 6.58 Å². The second-order valence-corrected chi connectivity index (χ2v) is 10.3. The summed E-state index contributed by atoms with van der Waals surface area (Å²) in [7, 11) is 0. The van der Waals surface area contributed by atoms with Gasteiger partial charge in [-0.25, -0.2) is 4.79 Å². The van der Waals surface area contributed by atoms with Crippen LogP contribution in [0.4, 0.5) is 0 Å². The summed E-state index contributed by atoms with van der Waals surface area (Å²) >= 11 is 1.47. The number of hydrogen-bond donors (Lipinski definition) is 0. The lowest BCUT2D eigenvalue weighted by molar-refractivity contribution is -0.142. The van der Waals surface area contributed by atoms with Gasteiger partial charge >= 0.3 is 5.97 Å². The number of rotatable bonds is 5. The summed E-state index contributed by atoms with van der Waals surface area (Å²) in [4.78, 5) is 31.0. The molecule has 2 aromatic rings. The number of hydrogen-bond acceptors (Lipinski definition) is 4. The maximum absolute atomic E-state index is 13.5. The molecule has 6 heteroatoms. The molecule has 1 aromatic carbocycles. The van der Waals surface area contributed by atoms with Crippen molar-refractivity contribution in [1.82, 2.24) is 4.57 Å². The lowest BCUT2D eigenvalue weighted by Gasteiger charge is -2.55. The average molecular weight is 425 g/mol. The number of esters is 1. The van der Waals surface area contributed by atoms with Gasteiger partial charge in [0.15, 0.2) is 4.80 Å². The lowest BCUT2D eigenvalue weighted by Crippen LogP contribution is -2.49. The summed E-state index contributed by atoms with van der Waals surface area (Å²) in [5.41, 5.74) is 1.24. The predicted molar refractivity (Wildman–Crippen MR) is 117 cm³/mol. The van der Waals surface area contributed by atoms with Crippen molar-refractivity contribution < 1.29 is 14.3 Å². The van der Waals surface area contributed by atoms with Crippen molar-refractivity contribution in [3.05, 3.63) is 41.2 Å². The normalized spacial score (nSPS) is 30.0. The molecule has 4 fully saturated rings. The highest BCUT2D eigenvalue weighted by atomic mass is 32.1. The number of allylic oxidation sites excluding steroid dienone is 1. The van der Waals surface area contributed by atoms with Crippen molar-refractivity contribution in [2.75, 3.05) is 6.61 Å². The Morgan fingerprint density at radius 3 is 2.50 bits per heavy atom. The van der Waals surface area contributed by atoms with E-state index in [0.717, 1.165) is 29.5 Å². The molecular formula is C24H28N2O3S. The second-order valence-electron chi connectivity index (χ2n) is 9.30. The van der Waals surface area contributed by atoms with Gasteiger partial charge in [0.1, 0.15) is 0 Å². The fourth-order valence-corrected chi connectivity index (χ4v) is 7.46. The van der Waals surface area contributed by atoms with Gasteiger partial charge in [-0.3, -0.25) is 4.79 Å². The third-order valence-electron chi connectivity index (χ3n) is 7.19. The van der Waals surface area contributed by atoms with Crippen LogP contribution in [-0.2, 0) is 16.1 Å². The van der Waals surface area contributed by atoms with Crippen molar-refractivity contribution in [1.29, 1.82) is 0 Å². The number of carbonyl (C=O) groups is 2. The third-order valence-corrected chi connectivity index (χ3v) is 8.24. The van der Waals surface area contributed by atoms with Crippen LogP contribution >= 0.6 is 11.3 Å². The van der Waals surface area contributed by atoms with Gasteiger partial charge < -0.3 is 9.30 Å². The first-order chi connectivity index (χ1) is 14.5. The smallest absolute Gasteiger partial charge is 0.338 e. The highest BCUT2D eigenvalue weighted by Gasteiger charge is 2.54.